The lowest BCUT2D eigenvalue weighted by molar-refractivity contribution is -0.141. The highest BCUT2D eigenvalue weighted by atomic mass is 32.2. The fourth-order valence-electron chi connectivity index (χ4n) is 1.36. The minimum Gasteiger partial charge on any atom is -0.497 e. The van der Waals surface area contributed by atoms with Crippen LogP contribution in [0.4, 0.5) is 0 Å². The fourth-order valence-corrected chi connectivity index (χ4v) is 1.98. The number of ether oxygens (including phenoxy) is 1. The molecule has 0 saturated carbocycles. The molecular formula is C11H15NO5S. The van der Waals surface area contributed by atoms with Gasteiger partial charge in [0.05, 0.1) is 7.11 Å². The maximum absolute atomic E-state index is 11.1. The standard InChI is InChI=1S/C11H15NO5S/c1-8(11(13)14)12(18(15)16)7-9-3-5-10(17-2)6-4-9/h3-6,8H,7H2,1-2H3,(H,13,14)(H,15,16). The van der Waals surface area contributed by atoms with Gasteiger partial charge in [-0.3, -0.25) is 9.35 Å². The highest BCUT2D eigenvalue weighted by Crippen LogP contribution is 2.15. The quantitative estimate of drug-likeness (QED) is 0.758. The average Bonchev–Trinajstić information content (AvgIpc) is 2.35. The third-order valence-electron chi connectivity index (χ3n) is 2.49. The van der Waals surface area contributed by atoms with E-state index in [4.69, 9.17) is 14.4 Å². The van der Waals surface area contributed by atoms with Crippen LogP contribution in [0.2, 0.25) is 0 Å². The first kappa shape index (κ1) is 14.6. The molecule has 2 atom stereocenters. The Balaban J connectivity index is 2.83. The highest BCUT2D eigenvalue weighted by molar-refractivity contribution is 7.76. The predicted octanol–water partition coefficient (Wildman–Crippen LogP) is 1.11. The Bertz CT molecular complexity index is 434. The number of methoxy groups -OCH3 is 1. The number of carbonyl (C=O) groups is 1. The largest absolute Gasteiger partial charge is 0.497 e. The van der Waals surface area contributed by atoms with Gasteiger partial charge in [0, 0.05) is 6.54 Å². The third kappa shape index (κ3) is 3.80. The molecule has 1 aromatic rings. The Morgan fingerprint density at radius 1 is 1.44 bits per heavy atom. The lowest BCUT2D eigenvalue weighted by atomic mass is 10.2. The molecule has 7 heteroatoms. The monoisotopic (exact) mass is 273 g/mol. The number of nitrogens with zero attached hydrogens (tertiary/aromatic N) is 1. The summed E-state index contributed by atoms with van der Waals surface area (Å²) in [5.41, 5.74) is 0.728. The zero-order valence-electron chi connectivity index (χ0n) is 10.1. The van der Waals surface area contributed by atoms with E-state index in [9.17, 15) is 9.00 Å². The van der Waals surface area contributed by atoms with Gasteiger partial charge >= 0.3 is 5.97 Å². The van der Waals surface area contributed by atoms with Crippen molar-refractivity contribution in [2.24, 2.45) is 0 Å². The van der Waals surface area contributed by atoms with Crippen molar-refractivity contribution in [3.8, 4) is 5.75 Å². The zero-order valence-corrected chi connectivity index (χ0v) is 10.9. The Morgan fingerprint density at radius 3 is 2.39 bits per heavy atom. The van der Waals surface area contributed by atoms with Crippen LogP contribution in [0.25, 0.3) is 0 Å². The van der Waals surface area contributed by atoms with Crippen LogP contribution < -0.4 is 4.74 Å². The van der Waals surface area contributed by atoms with Crippen molar-refractivity contribution in [3.05, 3.63) is 29.8 Å². The van der Waals surface area contributed by atoms with Gasteiger partial charge < -0.3 is 9.84 Å². The second-order valence-electron chi connectivity index (χ2n) is 3.67. The number of rotatable bonds is 6. The summed E-state index contributed by atoms with van der Waals surface area (Å²) in [5.74, 6) is -0.479. The molecule has 0 aliphatic heterocycles. The van der Waals surface area contributed by atoms with E-state index in [2.05, 4.69) is 0 Å². The van der Waals surface area contributed by atoms with Crippen LogP contribution in [0.1, 0.15) is 12.5 Å². The van der Waals surface area contributed by atoms with Crippen molar-refractivity contribution in [2.75, 3.05) is 7.11 Å². The van der Waals surface area contributed by atoms with Gasteiger partial charge in [0.15, 0.2) is 0 Å². The van der Waals surface area contributed by atoms with E-state index in [1.54, 1.807) is 24.3 Å². The van der Waals surface area contributed by atoms with E-state index in [-0.39, 0.29) is 6.54 Å². The van der Waals surface area contributed by atoms with Gasteiger partial charge in [-0.05, 0) is 24.6 Å². The second kappa shape index (κ2) is 6.48. The second-order valence-corrected chi connectivity index (χ2v) is 4.60. The van der Waals surface area contributed by atoms with E-state index in [0.29, 0.717) is 5.75 Å². The van der Waals surface area contributed by atoms with Crippen molar-refractivity contribution in [3.63, 3.8) is 0 Å². The van der Waals surface area contributed by atoms with Crippen LogP contribution in [0, 0.1) is 0 Å². The lowest BCUT2D eigenvalue weighted by Crippen LogP contribution is -2.39. The van der Waals surface area contributed by atoms with E-state index in [1.165, 1.54) is 14.0 Å². The molecule has 0 fully saturated rings. The molecule has 0 radical (unpaired) electrons. The average molecular weight is 273 g/mol. The van der Waals surface area contributed by atoms with Gasteiger partial charge in [-0.15, -0.1) is 0 Å². The molecule has 1 aromatic carbocycles. The molecule has 18 heavy (non-hydrogen) atoms. The lowest BCUT2D eigenvalue weighted by Gasteiger charge is -2.21. The Kier molecular flexibility index (Phi) is 5.26. The Labute approximate surface area is 108 Å². The van der Waals surface area contributed by atoms with E-state index < -0.39 is 23.3 Å². The van der Waals surface area contributed by atoms with E-state index >= 15 is 0 Å². The smallest absolute Gasteiger partial charge is 0.321 e. The number of carboxylic acids is 1. The summed E-state index contributed by atoms with van der Waals surface area (Å²) in [5, 5.41) is 8.85. The predicted molar refractivity (Wildman–Crippen MR) is 66.4 cm³/mol. The number of aliphatic carboxylic acids is 1. The molecule has 0 heterocycles. The molecule has 2 unspecified atom stereocenters. The summed E-state index contributed by atoms with van der Waals surface area (Å²) >= 11 is -2.34. The molecule has 2 N–H and O–H groups in total. The molecule has 1 rings (SSSR count). The van der Waals surface area contributed by atoms with Crippen molar-refractivity contribution < 1.29 is 23.4 Å². The molecule has 0 aliphatic carbocycles. The minimum absolute atomic E-state index is 0.0700. The zero-order chi connectivity index (χ0) is 13.7. The van der Waals surface area contributed by atoms with Gasteiger partial charge in [-0.2, -0.15) is 4.31 Å². The van der Waals surface area contributed by atoms with Gasteiger partial charge in [0.2, 0.25) is 11.3 Å². The maximum atomic E-state index is 11.1. The fraction of sp³-hybridized carbons (Fsp3) is 0.364. The molecule has 0 aromatic heterocycles. The van der Waals surface area contributed by atoms with Gasteiger partial charge in [-0.1, -0.05) is 12.1 Å². The topological polar surface area (TPSA) is 87.1 Å². The number of carboxylic acid groups (broad SMARTS) is 1. The Morgan fingerprint density at radius 2 is 2.00 bits per heavy atom. The summed E-state index contributed by atoms with van der Waals surface area (Å²) in [6.07, 6.45) is 0. The summed E-state index contributed by atoms with van der Waals surface area (Å²) in [6, 6.07) is 5.80. The molecule has 0 saturated heterocycles. The van der Waals surface area contributed by atoms with Crippen LogP contribution in [0.3, 0.4) is 0 Å². The molecule has 0 aliphatic rings. The van der Waals surface area contributed by atoms with Crippen molar-refractivity contribution in [2.45, 2.75) is 19.5 Å². The first-order valence-corrected chi connectivity index (χ1v) is 6.25. The minimum atomic E-state index is -2.34. The SMILES string of the molecule is COc1ccc(CN(C(C)C(=O)O)S(=O)O)cc1. The summed E-state index contributed by atoms with van der Waals surface area (Å²) in [7, 11) is 1.54. The molecule has 0 spiro atoms. The molecular weight excluding hydrogens is 258 g/mol. The van der Waals surface area contributed by atoms with Gasteiger partial charge in [-0.25, -0.2) is 4.21 Å². The van der Waals surface area contributed by atoms with Crippen LogP contribution in [-0.2, 0) is 22.6 Å². The van der Waals surface area contributed by atoms with E-state index in [0.717, 1.165) is 9.87 Å². The molecule has 100 valence electrons. The van der Waals surface area contributed by atoms with Gasteiger partial charge in [0.1, 0.15) is 11.8 Å². The summed E-state index contributed by atoms with van der Waals surface area (Å²) in [4.78, 5) is 10.8. The first-order chi connectivity index (χ1) is 8.45. The molecule has 6 nitrogen and oxygen atoms in total. The maximum Gasteiger partial charge on any atom is 0.321 e. The van der Waals surface area contributed by atoms with Crippen LogP contribution in [0.15, 0.2) is 24.3 Å². The van der Waals surface area contributed by atoms with Crippen LogP contribution in [-0.4, -0.2) is 37.3 Å². The van der Waals surface area contributed by atoms with Crippen LogP contribution >= 0.6 is 0 Å². The van der Waals surface area contributed by atoms with Crippen molar-refractivity contribution in [1.82, 2.24) is 4.31 Å². The third-order valence-corrected chi connectivity index (χ3v) is 3.33. The Hall–Kier alpha value is -1.44. The van der Waals surface area contributed by atoms with E-state index in [1.807, 2.05) is 0 Å². The number of benzene rings is 1. The van der Waals surface area contributed by atoms with Crippen LogP contribution in [0.5, 0.6) is 5.75 Å². The summed E-state index contributed by atoms with van der Waals surface area (Å²) < 4.78 is 26.2. The summed E-state index contributed by atoms with van der Waals surface area (Å²) in [6.45, 7) is 1.43. The highest BCUT2D eigenvalue weighted by Gasteiger charge is 2.25. The molecule has 0 bridgehead atoms. The first-order valence-electron chi connectivity index (χ1n) is 5.19. The van der Waals surface area contributed by atoms with Gasteiger partial charge in [0.25, 0.3) is 0 Å². The number of hydrogen-bond donors (Lipinski definition) is 2. The molecule has 0 amide bonds. The van der Waals surface area contributed by atoms with Crippen molar-refractivity contribution in [1.29, 1.82) is 0 Å². The van der Waals surface area contributed by atoms with Crippen molar-refractivity contribution >= 4 is 17.2 Å². The normalized spacial score (nSPS) is 14.2. The number of hydrogen-bond acceptors (Lipinski definition) is 3.